The topological polar surface area (TPSA) is 94.3 Å². The summed E-state index contributed by atoms with van der Waals surface area (Å²) in [4.78, 5) is 28.1. The zero-order valence-electron chi connectivity index (χ0n) is 15.5. The summed E-state index contributed by atoms with van der Waals surface area (Å²) in [7, 11) is 0. The van der Waals surface area contributed by atoms with Gasteiger partial charge in [0.15, 0.2) is 6.61 Å². The van der Waals surface area contributed by atoms with Crippen LogP contribution < -0.4 is 5.32 Å². The molecule has 2 aromatic carbocycles. The Morgan fingerprint density at radius 1 is 1.11 bits per heavy atom. The van der Waals surface area contributed by atoms with Crippen molar-refractivity contribution < 1.29 is 18.8 Å². The Balaban J connectivity index is 1.70. The standard InChI is InChI=1S/C21H19N3O4/c1-14-8-6-7-11-17(14)20-23-19(28-24-20)13-27-21(26)18(22-15(2)25)12-16-9-4-3-5-10-16/h3-12H,13H2,1-2H3,(H,22,25)/b18-12-. The lowest BCUT2D eigenvalue weighted by atomic mass is 10.1. The second-order valence-corrected chi connectivity index (χ2v) is 6.05. The minimum atomic E-state index is -0.699. The first-order valence-electron chi connectivity index (χ1n) is 8.63. The number of amides is 1. The van der Waals surface area contributed by atoms with Crippen LogP contribution in [-0.4, -0.2) is 22.0 Å². The van der Waals surface area contributed by atoms with Crippen molar-refractivity contribution >= 4 is 18.0 Å². The maximum absolute atomic E-state index is 12.4. The Hall–Kier alpha value is -3.74. The van der Waals surface area contributed by atoms with Gasteiger partial charge in [0.05, 0.1) is 0 Å². The lowest BCUT2D eigenvalue weighted by Gasteiger charge is -2.07. The molecule has 7 heteroatoms. The molecule has 0 aliphatic rings. The number of rotatable bonds is 6. The van der Waals surface area contributed by atoms with Crippen molar-refractivity contribution in [3.05, 3.63) is 77.3 Å². The molecule has 0 atom stereocenters. The van der Waals surface area contributed by atoms with Crippen molar-refractivity contribution in [1.82, 2.24) is 15.5 Å². The van der Waals surface area contributed by atoms with Gasteiger partial charge < -0.3 is 14.6 Å². The Bertz CT molecular complexity index is 1010. The molecule has 142 valence electrons. The number of hydrogen-bond acceptors (Lipinski definition) is 6. The molecule has 0 saturated carbocycles. The Labute approximate surface area is 162 Å². The number of aryl methyl sites for hydroxylation is 1. The molecule has 0 aliphatic heterocycles. The summed E-state index contributed by atoms with van der Waals surface area (Å²) in [5.74, 6) is -0.493. The normalized spacial score (nSPS) is 11.1. The molecule has 1 amide bonds. The highest BCUT2D eigenvalue weighted by molar-refractivity contribution is 5.97. The second kappa shape index (κ2) is 8.77. The Kier molecular flexibility index (Phi) is 5.96. The third-order valence-electron chi connectivity index (χ3n) is 3.82. The lowest BCUT2D eigenvalue weighted by molar-refractivity contribution is -0.142. The third-order valence-corrected chi connectivity index (χ3v) is 3.82. The number of aromatic nitrogens is 2. The van der Waals surface area contributed by atoms with E-state index in [1.807, 2.05) is 61.5 Å². The van der Waals surface area contributed by atoms with Crippen LogP contribution in [0.4, 0.5) is 0 Å². The zero-order valence-corrected chi connectivity index (χ0v) is 15.5. The molecule has 3 aromatic rings. The van der Waals surface area contributed by atoms with E-state index in [2.05, 4.69) is 15.5 Å². The maximum Gasteiger partial charge on any atom is 0.355 e. The molecular formula is C21H19N3O4. The molecule has 0 fully saturated rings. The van der Waals surface area contributed by atoms with Gasteiger partial charge in [-0.25, -0.2) is 4.79 Å². The van der Waals surface area contributed by atoms with Gasteiger partial charge in [-0.05, 0) is 24.1 Å². The van der Waals surface area contributed by atoms with Crippen LogP contribution in [0.25, 0.3) is 17.5 Å². The zero-order chi connectivity index (χ0) is 19.9. The largest absolute Gasteiger partial charge is 0.451 e. The van der Waals surface area contributed by atoms with E-state index in [1.54, 1.807) is 0 Å². The smallest absolute Gasteiger partial charge is 0.355 e. The molecule has 0 aliphatic carbocycles. The van der Waals surface area contributed by atoms with Gasteiger partial charge in [-0.3, -0.25) is 4.79 Å². The summed E-state index contributed by atoms with van der Waals surface area (Å²) < 4.78 is 10.4. The van der Waals surface area contributed by atoms with E-state index in [1.165, 1.54) is 13.0 Å². The average Bonchev–Trinajstić information content (AvgIpc) is 3.15. The summed E-state index contributed by atoms with van der Waals surface area (Å²) in [5.41, 5.74) is 2.62. The Morgan fingerprint density at radius 2 is 1.82 bits per heavy atom. The highest BCUT2D eigenvalue weighted by atomic mass is 16.6. The highest BCUT2D eigenvalue weighted by Crippen LogP contribution is 2.20. The maximum atomic E-state index is 12.4. The summed E-state index contributed by atoms with van der Waals surface area (Å²) in [6.45, 7) is 3.06. The number of esters is 1. The van der Waals surface area contributed by atoms with Crippen LogP contribution in [0.1, 0.15) is 23.9 Å². The molecule has 0 bridgehead atoms. The summed E-state index contributed by atoms with van der Waals surface area (Å²) >= 11 is 0. The number of nitrogens with one attached hydrogen (secondary N) is 1. The molecule has 28 heavy (non-hydrogen) atoms. The minimum absolute atomic E-state index is 0.0253. The van der Waals surface area contributed by atoms with E-state index in [9.17, 15) is 9.59 Å². The van der Waals surface area contributed by atoms with Crippen LogP contribution >= 0.6 is 0 Å². The molecule has 3 rings (SSSR count). The van der Waals surface area contributed by atoms with Crippen molar-refractivity contribution in [3.8, 4) is 11.4 Å². The van der Waals surface area contributed by atoms with E-state index in [0.29, 0.717) is 5.82 Å². The molecule has 1 heterocycles. The summed E-state index contributed by atoms with van der Waals surface area (Å²) in [6.07, 6.45) is 1.54. The predicted octanol–water partition coefficient (Wildman–Crippen LogP) is 3.27. The van der Waals surface area contributed by atoms with Gasteiger partial charge in [-0.1, -0.05) is 59.8 Å². The van der Waals surface area contributed by atoms with Crippen molar-refractivity contribution in [2.45, 2.75) is 20.5 Å². The minimum Gasteiger partial charge on any atom is -0.451 e. The van der Waals surface area contributed by atoms with Crippen LogP contribution in [-0.2, 0) is 20.9 Å². The molecule has 0 radical (unpaired) electrons. The first-order chi connectivity index (χ1) is 13.5. The summed E-state index contributed by atoms with van der Waals surface area (Å²) in [6, 6.07) is 16.8. The van der Waals surface area contributed by atoms with Gasteiger partial charge in [0.25, 0.3) is 5.89 Å². The molecule has 7 nitrogen and oxygen atoms in total. The monoisotopic (exact) mass is 377 g/mol. The number of carbonyl (C=O) groups excluding carboxylic acids is 2. The van der Waals surface area contributed by atoms with Crippen LogP contribution in [0.5, 0.6) is 0 Å². The average molecular weight is 377 g/mol. The highest BCUT2D eigenvalue weighted by Gasteiger charge is 2.16. The summed E-state index contributed by atoms with van der Waals surface area (Å²) in [5, 5.41) is 6.41. The van der Waals surface area contributed by atoms with Gasteiger partial charge in [0.2, 0.25) is 11.7 Å². The molecule has 0 saturated heterocycles. The van der Waals surface area contributed by atoms with Crippen LogP contribution in [0.15, 0.2) is 64.8 Å². The molecular weight excluding hydrogens is 358 g/mol. The first kappa shape index (κ1) is 19.0. The van der Waals surface area contributed by atoms with Gasteiger partial charge in [0, 0.05) is 12.5 Å². The van der Waals surface area contributed by atoms with Crippen LogP contribution in [0.3, 0.4) is 0 Å². The van der Waals surface area contributed by atoms with Gasteiger partial charge in [-0.2, -0.15) is 4.98 Å². The third kappa shape index (κ3) is 4.91. The van der Waals surface area contributed by atoms with Gasteiger partial charge >= 0.3 is 5.97 Å². The van der Waals surface area contributed by atoms with E-state index >= 15 is 0 Å². The van der Waals surface area contributed by atoms with Crippen molar-refractivity contribution in [2.75, 3.05) is 0 Å². The fourth-order valence-corrected chi connectivity index (χ4v) is 2.50. The molecule has 1 aromatic heterocycles. The number of benzene rings is 2. The number of ether oxygens (including phenoxy) is 1. The fraction of sp³-hybridized carbons (Fsp3) is 0.143. The number of nitrogens with zero attached hydrogens (tertiary/aromatic N) is 2. The van der Waals surface area contributed by atoms with Gasteiger partial charge in [0.1, 0.15) is 5.70 Å². The second-order valence-electron chi connectivity index (χ2n) is 6.05. The van der Waals surface area contributed by atoms with E-state index in [4.69, 9.17) is 9.26 Å². The number of carbonyl (C=O) groups is 2. The van der Waals surface area contributed by atoms with Crippen LogP contribution in [0, 0.1) is 6.92 Å². The van der Waals surface area contributed by atoms with Crippen molar-refractivity contribution in [3.63, 3.8) is 0 Å². The fourth-order valence-electron chi connectivity index (χ4n) is 2.50. The molecule has 0 spiro atoms. The SMILES string of the molecule is CC(=O)N/C(=C\c1ccccc1)C(=O)OCc1nc(-c2ccccc2C)no1. The predicted molar refractivity (Wildman–Crippen MR) is 103 cm³/mol. The molecule has 0 unspecified atom stereocenters. The first-order valence-corrected chi connectivity index (χ1v) is 8.63. The Morgan fingerprint density at radius 3 is 2.54 bits per heavy atom. The van der Waals surface area contributed by atoms with Crippen molar-refractivity contribution in [2.24, 2.45) is 0 Å². The lowest BCUT2D eigenvalue weighted by Crippen LogP contribution is -2.26. The van der Waals surface area contributed by atoms with E-state index < -0.39 is 5.97 Å². The van der Waals surface area contributed by atoms with E-state index in [0.717, 1.165) is 16.7 Å². The van der Waals surface area contributed by atoms with Gasteiger partial charge in [-0.15, -0.1) is 0 Å². The molecule has 1 N–H and O–H groups in total. The number of hydrogen-bond donors (Lipinski definition) is 1. The quantitative estimate of drug-likeness (QED) is 0.523. The van der Waals surface area contributed by atoms with E-state index in [-0.39, 0.29) is 24.1 Å². The van der Waals surface area contributed by atoms with Crippen molar-refractivity contribution in [1.29, 1.82) is 0 Å². The van der Waals surface area contributed by atoms with Crippen LogP contribution in [0.2, 0.25) is 0 Å².